The summed E-state index contributed by atoms with van der Waals surface area (Å²) >= 11 is 0. The summed E-state index contributed by atoms with van der Waals surface area (Å²) in [4.78, 5) is 11.4. The largest absolute Gasteiger partial charge is 0.415 e. The van der Waals surface area contributed by atoms with Gasteiger partial charge in [-0.1, -0.05) is 13.8 Å². The Morgan fingerprint density at radius 1 is 1.00 bits per heavy atom. The lowest BCUT2D eigenvalue weighted by molar-refractivity contribution is -0.575. The molecule has 4 nitrogen and oxygen atoms in total. The van der Waals surface area contributed by atoms with E-state index in [0.29, 0.717) is 18.8 Å². The second-order valence-corrected chi connectivity index (χ2v) is 7.87. The highest BCUT2D eigenvalue weighted by Gasteiger charge is 2.71. The van der Waals surface area contributed by atoms with E-state index in [9.17, 15) is 13.2 Å². The fourth-order valence-electron chi connectivity index (χ4n) is 5.28. The normalized spacial score (nSPS) is 56.1. The quantitative estimate of drug-likeness (QED) is 0.631. The summed E-state index contributed by atoms with van der Waals surface area (Å²) in [5, 5.41) is 0. The molecule has 7 heteroatoms. The van der Waals surface area contributed by atoms with Gasteiger partial charge in [-0.2, -0.15) is 13.2 Å². The van der Waals surface area contributed by atoms with Crippen LogP contribution in [0.3, 0.4) is 0 Å². The number of alkyl halides is 3. The van der Waals surface area contributed by atoms with Gasteiger partial charge in [-0.3, -0.25) is 0 Å². The molecule has 1 aliphatic carbocycles. The number of ether oxygens (including phenoxy) is 2. The molecule has 8 atom stereocenters. The van der Waals surface area contributed by atoms with Crippen LogP contribution in [0.1, 0.15) is 46.5 Å². The summed E-state index contributed by atoms with van der Waals surface area (Å²) in [5.74, 6) is -1.56. The van der Waals surface area contributed by atoms with E-state index in [2.05, 4.69) is 6.92 Å². The SMILES string of the molecule is C[C@H]1[C@@H](C(F)(F)F)O[C@@H]2O[C@]3(C)CC[C@H]4[C@H](C)CC[C@@H]1[C@@]24OO3. The molecule has 0 radical (unpaired) electrons. The third kappa shape index (κ3) is 2.12. The van der Waals surface area contributed by atoms with Crippen LogP contribution in [0.2, 0.25) is 0 Å². The van der Waals surface area contributed by atoms with Crippen LogP contribution >= 0.6 is 0 Å². The summed E-state index contributed by atoms with van der Waals surface area (Å²) in [5.41, 5.74) is -0.922. The topological polar surface area (TPSA) is 36.9 Å². The molecule has 0 amide bonds. The Labute approximate surface area is 133 Å². The molecule has 1 spiro atoms. The molecule has 23 heavy (non-hydrogen) atoms. The van der Waals surface area contributed by atoms with Gasteiger partial charge in [0.1, 0.15) is 0 Å². The van der Waals surface area contributed by atoms with Gasteiger partial charge in [0.25, 0.3) is 0 Å². The van der Waals surface area contributed by atoms with Crippen LogP contribution in [-0.4, -0.2) is 30.0 Å². The van der Waals surface area contributed by atoms with Crippen molar-refractivity contribution >= 4 is 0 Å². The van der Waals surface area contributed by atoms with Crippen molar-refractivity contribution < 1.29 is 32.4 Å². The molecule has 0 N–H and O–H groups in total. The van der Waals surface area contributed by atoms with Crippen molar-refractivity contribution in [3.05, 3.63) is 0 Å². The monoisotopic (exact) mass is 336 g/mol. The van der Waals surface area contributed by atoms with E-state index >= 15 is 0 Å². The minimum Gasteiger partial charge on any atom is -0.336 e. The van der Waals surface area contributed by atoms with Crippen molar-refractivity contribution in [2.24, 2.45) is 23.7 Å². The Hall–Kier alpha value is -0.370. The van der Waals surface area contributed by atoms with E-state index in [0.717, 1.165) is 12.8 Å². The number of hydrogen-bond acceptors (Lipinski definition) is 4. The minimum absolute atomic E-state index is 0.0900. The third-order valence-electron chi connectivity index (χ3n) is 6.48. The molecule has 0 unspecified atom stereocenters. The maximum Gasteiger partial charge on any atom is 0.415 e. The van der Waals surface area contributed by atoms with Crippen LogP contribution in [0.5, 0.6) is 0 Å². The first kappa shape index (κ1) is 16.1. The van der Waals surface area contributed by atoms with E-state index in [1.807, 2.05) is 0 Å². The second kappa shape index (κ2) is 4.84. The summed E-state index contributed by atoms with van der Waals surface area (Å²) in [7, 11) is 0. The molecule has 4 saturated heterocycles. The van der Waals surface area contributed by atoms with Crippen molar-refractivity contribution in [3.8, 4) is 0 Å². The van der Waals surface area contributed by atoms with Crippen LogP contribution in [0.25, 0.3) is 0 Å². The fraction of sp³-hybridized carbons (Fsp3) is 1.00. The lowest BCUT2D eigenvalue weighted by Gasteiger charge is -2.60. The van der Waals surface area contributed by atoms with Gasteiger partial charge in [0.2, 0.25) is 5.79 Å². The molecular formula is C16H23F3O4. The Bertz CT molecular complexity index is 498. The summed E-state index contributed by atoms with van der Waals surface area (Å²) in [6.45, 7) is 5.46. The molecule has 4 heterocycles. The van der Waals surface area contributed by atoms with Crippen LogP contribution < -0.4 is 0 Å². The van der Waals surface area contributed by atoms with E-state index < -0.39 is 35.9 Å². The highest BCUT2D eigenvalue weighted by molar-refractivity contribution is 5.10. The van der Waals surface area contributed by atoms with Crippen molar-refractivity contribution in [2.75, 3.05) is 0 Å². The first-order valence-corrected chi connectivity index (χ1v) is 8.44. The Morgan fingerprint density at radius 2 is 1.74 bits per heavy atom. The van der Waals surface area contributed by atoms with Crippen LogP contribution in [0.15, 0.2) is 0 Å². The Balaban J connectivity index is 1.79. The smallest absolute Gasteiger partial charge is 0.336 e. The molecule has 5 fully saturated rings. The van der Waals surface area contributed by atoms with E-state index in [1.165, 1.54) is 0 Å². The summed E-state index contributed by atoms with van der Waals surface area (Å²) in [6, 6.07) is 0. The van der Waals surface area contributed by atoms with Crippen molar-refractivity contribution in [1.29, 1.82) is 0 Å². The van der Waals surface area contributed by atoms with Crippen molar-refractivity contribution in [1.82, 2.24) is 0 Å². The Kier molecular flexibility index (Phi) is 3.39. The maximum absolute atomic E-state index is 13.4. The average molecular weight is 336 g/mol. The second-order valence-electron chi connectivity index (χ2n) is 7.87. The van der Waals surface area contributed by atoms with Gasteiger partial charge in [0.15, 0.2) is 18.0 Å². The zero-order valence-corrected chi connectivity index (χ0v) is 13.6. The molecule has 0 aromatic rings. The standard InChI is InChI=1S/C16H23F3O4/c1-8-4-5-11-9(2)12(16(17,18)19)20-13-15(11)10(8)6-7-14(3,21-13)22-23-15/h8-13H,4-7H2,1-3H3/t8-,9-,10+,11+,12+,13-,14+,15-/m1/s1. The zero-order chi connectivity index (χ0) is 16.6. The predicted molar refractivity (Wildman–Crippen MR) is 72.9 cm³/mol. The van der Waals surface area contributed by atoms with E-state index in [1.54, 1.807) is 13.8 Å². The summed E-state index contributed by atoms with van der Waals surface area (Å²) < 4.78 is 51.7. The highest BCUT2D eigenvalue weighted by Crippen LogP contribution is 2.61. The van der Waals surface area contributed by atoms with E-state index in [4.69, 9.17) is 19.2 Å². The first-order valence-electron chi connectivity index (χ1n) is 8.44. The molecule has 4 aliphatic heterocycles. The van der Waals surface area contributed by atoms with E-state index in [-0.39, 0.29) is 11.8 Å². The van der Waals surface area contributed by atoms with Crippen LogP contribution in [-0.2, 0) is 19.2 Å². The fourth-order valence-corrected chi connectivity index (χ4v) is 5.28. The molecule has 2 bridgehead atoms. The molecule has 1 saturated carbocycles. The number of hydrogen-bond donors (Lipinski definition) is 0. The molecule has 5 aliphatic rings. The minimum atomic E-state index is -4.41. The van der Waals surface area contributed by atoms with Gasteiger partial charge in [-0.25, -0.2) is 9.78 Å². The van der Waals surface area contributed by atoms with Crippen LogP contribution in [0, 0.1) is 23.7 Å². The molecule has 132 valence electrons. The number of rotatable bonds is 0. The summed E-state index contributed by atoms with van der Waals surface area (Å²) in [6.07, 6.45) is -4.25. The molecule has 5 rings (SSSR count). The van der Waals surface area contributed by atoms with Gasteiger partial charge in [-0.05, 0) is 43.9 Å². The van der Waals surface area contributed by atoms with Gasteiger partial charge in [0, 0.05) is 12.3 Å². The van der Waals surface area contributed by atoms with Gasteiger partial charge >= 0.3 is 6.18 Å². The zero-order valence-electron chi connectivity index (χ0n) is 13.6. The van der Waals surface area contributed by atoms with Gasteiger partial charge < -0.3 is 9.47 Å². The maximum atomic E-state index is 13.4. The average Bonchev–Trinajstić information content (AvgIpc) is 2.68. The van der Waals surface area contributed by atoms with Gasteiger partial charge in [-0.15, -0.1) is 0 Å². The van der Waals surface area contributed by atoms with Crippen molar-refractivity contribution in [2.45, 2.75) is 76.4 Å². The van der Waals surface area contributed by atoms with Crippen molar-refractivity contribution in [3.63, 3.8) is 0 Å². The predicted octanol–water partition coefficient (Wildman–Crippen LogP) is 3.80. The third-order valence-corrected chi connectivity index (χ3v) is 6.48. The molecular weight excluding hydrogens is 313 g/mol. The first-order chi connectivity index (χ1) is 10.7. The Morgan fingerprint density at radius 3 is 2.43 bits per heavy atom. The lowest BCUT2D eigenvalue weighted by Crippen LogP contribution is -2.71. The molecule has 0 aromatic heterocycles. The molecule has 0 aromatic carbocycles. The van der Waals surface area contributed by atoms with Gasteiger partial charge in [0.05, 0.1) is 0 Å². The van der Waals surface area contributed by atoms with Crippen LogP contribution in [0.4, 0.5) is 13.2 Å². The highest BCUT2D eigenvalue weighted by atomic mass is 19.4. The number of fused-ring (bicyclic) bond motifs is 2. The number of halogens is 3. The lowest BCUT2D eigenvalue weighted by atomic mass is 9.57.